The van der Waals surface area contributed by atoms with Crippen molar-refractivity contribution in [1.82, 2.24) is 15.8 Å². The SMILES string of the molecule is CCCCN1NC(CC(C)C)(CC(C)C)NC1=S. The number of nitrogens with zero attached hydrogens (tertiary/aromatic N) is 1. The number of rotatable bonds is 7. The predicted molar refractivity (Wildman–Crippen MR) is 82.1 cm³/mol. The number of hydrogen-bond donors (Lipinski definition) is 2. The molecule has 0 unspecified atom stereocenters. The van der Waals surface area contributed by atoms with Crippen LogP contribution in [0.2, 0.25) is 0 Å². The van der Waals surface area contributed by atoms with Gasteiger partial charge in [0.25, 0.3) is 0 Å². The van der Waals surface area contributed by atoms with Gasteiger partial charge in [0.1, 0.15) is 5.66 Å². The first-order valence-electron chi connectivity index (χ1n) is 7.26. The molecule has 0 atom stereocenters. The van der Waals surface area contributed by atoms with Crippen molar-refractivity contribution in [3.63, 3.8) is 0 Å². The van der Waals surface area contributed by atoms with E-state index in [-0.39, 0.29) is 5.66 Å². The summed E-state index contributed by atoms with van der Waals surface area (Å²) in [5.41, 5.74) is 3.60. The number of thiocarbonyl (C=S) groups is 1. The molecule has 0 aromatic heterocycles. The normalized spacial score (nSPS) is 18.8. The van der Waals surface area contributed by atoms with Gasteiger partial charge in [-0.2, -0.15) is 0 Å². The largest absolute Gasteiger partial charge is 0.342 e. The van der Waals surface area contributed by atoms with Crippen molar-refractivity contribution in [2.75, 3.05) is 6.54 Å². The smallest absolute Gasteiger partial charge is 0.185 e. The summed E-state index contributed by atoms with van der Waals surface area (Å²) in [5, 5.41) is 6.53. The first kappa shape index (κ1) is 15.7. The molecule has 1 saturated heterocycles. The van der Waals surface area contributed by atoms with Gasteiger partial charge in [-0.25, -0.2) is 5.43 Å². The molecule has 0 saturated carbocycles. The molecular formula is C14H29N3S. The minimum atomic E-state index is -0.0346. The first-order chi connectivity index (χ1) is 8.38. The molecule has 0 amide bonds. The third-order valence-electron chi connectivity index (χ3n) is 3.19. The van der Waals surface area contributed by atoms with Crippen LogP contribution in [0.5, 0.6) is 0 Å². The Morgan fingerprint density at radius 2 is 1.72 bits per heavy atom. The zero-order valence-corrected chi connectivity index (χ0v) is 13.4. The molecule has 18 heavy (non-hydrogen) atoms. The molecule has 4 heteroatoms. The Morgan fingerprint density at radius 1 is 1.17 bits per heavy atom. The van der Waals surface area contributed by atoms with Crippen molar-refractivity contribution in [2.45, 2.75) is 66.0 Å². The minimum Gasteiger partial charge on any atom is -0.342 e. The van der Waals surface area contributed by atoms with E-state index < -0.39 is 0 Å². The van der Waals surface area contributed by atoms with Gasteiger partial charge in [0.05, 0.1) is 0 Å². The Labute approximate surface area is 118 Å². The van der Waals surface area contributed by atoms with E-state index in [2.05, 4.69) is 50.4 Å². The summed E-state index contributed by atoms with van der Waals surface area (Å²) in [4.78, 5) is 0. The third-order valence-corrected chi connectivity index (χ3v) is 3.51. The third kappa shape index (κ3) is 4.39. The lowest BCUT2D eigenvalue weighted by molar-refractivity contribution is 0.158. The molecule has 0 aromatic carbocycles. The van der Waals surface area contributed by atoms with Gasteiger partial charge in [-0.05, 0) is 43.3 Å². The molecule has 1 heterocycles. The quantitative estimate of drug-likeness (QED) is 0.695. The van der Waals surface area contributed by atoms with Crippen LogP contribution in [0.4, 0.5) is 0 Å². The lowest BCUT2D eigenvalue weighted by Gasteiger charge is -2.33. The summed E-state index contributed by atoms with van der Waals surface area (Å²) in [6, 6.07) is 0. The van der Waals surface area contributed by atoms with Crippen LogP contribution in [0.3, 0.4) is 0 Å². The van der Waals surface area contributed by atoms with E-state index in [9.17, 15) is 0 Å². The average molecular weight is 271 g/mol. The summed E-state index contributed by atoms with van der Waals surface area (Å²) >= 11 is 5.46. The lowest BCUT2D eigenvalue weighted by atomic mass is 9.90. The topological polar surface area (TPSA) is 27.3 Å². The molecule has 106 valence electrons. The fourth-order valence-electron chi connectivity index (χ4n) is 2.75. The van der Waals surface area contributed by atoms with Gasteiger partial charge in [-0.1, -0.05) is 41.0 Å². The van der Waals surface area contributed by atoms with Crippen LogP contribution in [0, 0.1) is 11.8 Å². The van der Waals surface area contributed by atoms with Gasteiger partial charge in [-0.15, -0.1) is 0 Å². The van der Waals surface area contributed by atoms with Crippen LogP contribution < -0.4 is 10.7 Å². The molecular weight excluding hydrogens is 242 g/mol. The van der Waals surface area contributed by atoms with Gasteiger partial charge < -0.3 is 5.32 Å². The van der Waals surface area contributed by atoms with Crippen molar-refractivity contribution < 1.29 is 0 Å². The van der Waals surface area contributed by atoms with Crippen molar-refractivity contribution in [3.8, 4) is 0 Å². The van der Waals surface area contributed by atoms with Crippen molar-refractivity contribution >= 4 is 17.3 Å². The highest BCUT2D eigenvalue weighted by molar-refractivity contribution is 7.80. The van der Waals surface area contributed by atoms with E-state index >= 15 is 0 Å². The number of hydrogen-bond acceptors (Lipinski definition) is 2. The molecule has 1 aliphatic heterocycles. The van der Waals surface area contributed by atoms with Crippen LogP contribution in [-0.4, -0.2) is 22.3 Å². The van der Waals surface area contributed by atoms with Gasteiger partial charge in [0.15, 0.2) is 5.11 Å². The van der Waals surface area contributed by atoms with E-state index in [1.54, 1.807) is 0 Å². The Bertz CT molecular complexity index is 266. The highest BCUT2D eigenvalue weighted by atomic mass is 32.1. The maximum atomic E-state index is 5.46. The second-order valence-electron chi connectivity index (χ2n) is 6.33. The maximum Gasteiger partial charge on any atom is 0.185 e. The van der Waals surface area contributed by atoms with E-state index in [4.69, 9.17) is 12.2 Å². The monoisotopic (exact) mass is 271 g/mol. The summed E-state index contributed by atoms with van der Waals surface area (Å²) in [7, 11) is 0. The molecule has 0 aromatic rings. The zero-order valence-electron chi connectivity index (χ0n) is 12.5. The van der Waals surface area contributed by atoms with Gasteiger partial charge in [0.2, 0.25) is 0 Å². The Balaban J connectivity index is 2.71. The molecule has 1 fully saturated rings. The molecule has 3 nitrogen and oxygen atoms in total. The fraction of sp³-hybridized carbons (Fsp3) is 0.929. The van der Waals surface area contributed by atoms with E-state index in [0.717, 1.165) is 24.5 Å². The molecule has 0 radical (unpaired) electrons. The standard InChI is InChI=1S/C14H29N3S/c1-6-7-8-17-13(18)15-14(16-17,9-11(2)3)10-12(4)5/h11-12,16H,6-10H2,1-5H3,(H,15,18). The predicted octanol–water partition coefficient (Wildman–Crippen LogP) is 3.27. The van der Waals surface area contributed by atoms with Gasteiger partial charge in [-0.3, -0.25) is 5.01 Å². The summed E-state index contributed by atoms with van der Waals surface area (Å²) in [6.45, 7) is 12.3. The number of unbranched alkanes of at least 4 members (excludes halogenated alkanes) is 1. The Hall–Kier alpha value is -0.350. The number of nitrogens with one attached hydrogen (secondary N) is 2. The van der Waals surface area contributed by atoms with Crippen LogP contribution in [0.15, 0.2) is 0 Å². The minimum absolute atomic E-state index is 0.0346. The average Bonchev–Trinajstić information content (AvgIpc) is 2.49. The van der Waals surface area contributed by atoms with Crippen molar-refractivity contribution in [1.29, 1.82) is 0 Å². The van der Waals surface area contributed by atoms with E-state index in [0.29, 0.717) is 11.8 Å². The van der Waals surface area contributed by atoms with Crippen LogP contribution >= 0.6 is 12.2 Å². The maximum absolute atomic E-state index is 5.46. The van der Waals surface area contributed by atoms with Crippen LogP contribution in [0.25, 0.3) is 0 Å². The van der Waals surface area contributed by atoms with Crippen LogP contribution in [0.1, 0.15) is 60.3 Å². The molecule has 0 bridgehead atoms. The molecule has 2 N–H and O–H groups in total. The summed E-state index contributed by atoms with van der Waals surface area (Å²) < 4.78 is 0. The van der Waals surface area contributed by atoms with E-state index in [1.165, 1.54) is 12.8 Å². The Morgan fingerprint density at radius 3 is 2.17 bits per heavy atom. The lowest BCUT2D eigenvalue weighted by Crippen LogP contribution is -2.53. The molecule has 0 aliphatic carbocycles. The van der Waals surface area contributed by atoms with Crippen molar-refractivity contribution in [3.05, 3.63) is 0 Å². The Kier molecular flexibility index (Phi) is 5.86. The van der Waals surface area contributed by atoms with Gasteiger partial charge >= 0.3 is 0 Å². The molecule has 1 aliphatic rings. The zero-order chi connectivity index (χ0) is 13.8. The van der Waals surface area contributed by atoms with Crippen molar-refractivity contribution in [2.24, 2.45) is 11.8 Å². The highest BCUT2D eigenvalue weighted by Gasteiger charge is 2.40. The number of hydrazine groups is 1. The molecule has 1 rings (SSSR count). The second kappa shape index (κ2) is 6.71. The fourth-order valence-corrected chi connectivity index (χ4v) is 3.09. The second-order valence-corrected chi connectivity index (χ2v) is 6.71. The highest BCUT2D eigenvalue weighted by Crippen LogP contribution is 2.26. The van der Waals surface area contributed by atoms with E-state index in [1.807, 2.05) is 0 Å². The first-order valence-corrected chi connectivity index (χ1v) is 7.67. The molecule has 0 spiro atoms. The van der Waals surface area contributed by atoms with Crippen LogP contribution in [-0.2, 0) is 0 Å². The summed E-state index contributed by atoms with van der Waals surface area (Å²) in [5.74, 6) is 1.30. The summed E-state index contributed by atoms with van der Waals surface area (Å²) in [6.07, 6.45) is 4.58. The van der Waals surface area contributed by atoms with Gasteiger partial charge in [0, 0.05) is 6.54 Å².